The molecule has 0 aliphatic carbocycles. The first-order chi connectivity index (χ1) is 13.9. The fraction of sp³-hybridized carbons (Fsp3) is 0.318. The van der Waals surface area contributed by atoms with E-state index in [0.717, 1.165) is 5.56 Å². The van der Waals surface area contributed by atoms with Gasteiger partial charge in [-0.1, -0.05) is 6.92 Å². The summed E-state index contributed by atoms with van der Waals surface area (Å²) in [5.41, 5.74) is 1.89. The lowest BCUT2D eigenvalue weighted by atomic mass is 10.1. The van der Waals surface area contributed by atoms with Crippen LogP contribution in [0.1, 0.15) is 35.7 Å². The number of carbonyl (C=O) groups excluding carboxylic acids is 3. The van der Waals surface area contributed by atoms with Crippen LogP contribution in [0.2, 0.25) is 0 Å². The van der Waals surface area contributed by atoms with E-state index in [1.54, 1.807) is 51.5 Å². The third kappa shape index (κ3) is 6.95. The molecule has 0 fully saturated rings. The van der Waals surface area contributed by atoms with Crippen LogP contribution in [0.15, 0.2) is 42.5 Å². The molecule has 29 heavy (non-hydrogen) atoms. The highest BCUT2D eigenvalue weighted by Crippen LogP contribution is 2.23. The lowest BCUT2D eigenvalue weighted by Gasteiger charge is -2.09. The molecule has 0 spiro atoms. The molecular weight excluding hydrogens is 374 g/mol. The molecule has 7 heteroatoms. The molecule has 0 radical (unpaired) electrons. The van der Waals surface area contributed by atoms with E-state index in [2.05, 4.69) is 5.32 Å². The molecule has 2 aromatic carbocycles. The summed E-state index contributed by atoms with van der Waals surface area (Å²) in [6, 6.07) is 11.8. The molecule has 7 nitrogen and oxygen atoms in total. The van der Waals surface area contributed by atoms with Gasteiger partial charge in [-0.2, -0.15) is 0 Å². The number of ketones is 1. The van der Waals surface area contributed by atoms with Crippen LogP contribution in [-0.4, -0.2) is 38.5 Å². The molecule has 0 unspecified atom stereocenters. The Bertz CT molecular complexity index is 838. The van der Waals surface area contributed by atoms with E-state index in [0.29, 0.717) is 35.6 Å². The zero-order valence-electron chi connectivity index (χ0n) is 16.8. The topological polar surface area (TPSA) is 90.9 Å². The van der Waals surface area contributed by atoms with E-state index in [4.69, 9.17) is 14.2 Å². The minimum Gasteiger partial charge on any atom is -0.497 e. The van der Waals surface area contributed by atoms with Crippen molar-refractivity contribution in [1.82, 2.24) is 0 Å². The van der Waals surface area contributed by atoms with Crippen LogP contribution in [0.5, 0.6) is 11.5 Å². The first kappa shape index (κ1) is 21.9. The van der Waals surface area contributed by atoms with Gasteiger partial charge in [0.05, 0.1) is 14.2 Å². The van der Waals surface area contributed by atoms with E-state index < -0.39 is 5.97 Å². The summed E-state index contributed by atoms with van der Waals surface area (Å²) in [6.07, 6.45) is 0.942. The number of ether oxygens (including phenoxy) is 3. The lowest BCUT2D eigenvalue weighted by molar-refractivity contribution is -0.142. The molecule has 0 aromatic heterocycles. The van der Waals surface area contributed by atoms with E-state index in [1.165, 1.54) is 0 Å². The fourth-order valence-corrected chi connectivity index (χ4v) is 2.55. The van der Waals surface area contributed by atoms with Gasteiger partial charge in [0.1, 0.15) is 11.5 Å². The van der Waals surface area contributed by atoms with E-state index in [9.17, 15) is 14.4 Å². The maximum atomic E-state index is 12.2. The first-order valence-corrected chi connectivity index (χ1v) is 9.25. The number of carbonyl (C=O) groups is 3. The summed E-state index contributed by atoms with van der Waals surface area (Å²) in [6.45, 7) is 1.42. The molecule has 1 N–H and O–H groups in total. The fourth-order valence-electron chi connectivity index (χ4n) is 2.55. The summed E-state index contributed by atoms with van der Waals surface area (Å²) >= 11 is 0. The second-order valence-corrected chi connectivity index (χ2v) is 6.28. The summed E-state index contributed by atoms with van der Waals surface area (Å²) in [7, 11) is 3.12. The third-order valence-corrected chi connectivity index (χ3v) is 4.21. The van der Waals surface area contributed by atoms with Crippen molar-refractivity contribution in [3.05, 3.63) is 53.6 Å². The quantitative estimate of drug-likeness (QED) is 0.486. The molecule has 0 saturated carbocycles. The molecule has 2 rings (SSSR count). The molecule has 154 valence electrons. The Morgan fingerprint density at radius 3 is 2.10 bits per heavy atom. The second kappa shape index (κ2) is 10.8. The number of rotatable bonds is 10. The van der Waals surface area contributed by atoms with Gasteiger partial charge in [0.2, 0.25) is 5.91 Å². The number of anilines is 1. The van der Waals surface area contributed by atoms with Crippen molar-refractivity contribution in [3.63, 3.8) is 0 Å². The van der Waals surface area contributed by atoms with Crippen molar-refractivity contribution in [2.45, 2.75) is 26.2 Å². The number of Topliss-reactive ketones (excluding diaryl/α,β-unsaturated/α-hetero) is 1. The van der Waals surface area contributed by atoms with Crippen LogP contribution in [-0.2, 0) is 20.7 Å². The van der Waals surface area contributed by atoms with Gasteiger partial charge < -0.3 is 19.5 Å². The van der Waals surface area contributed by atoms with E-state index in [-0.39, 0.29) is 24.7 Å². The van der Waals surface area contributed by atoms with Gasteiger partial charge >= 0.3 is 5.97 Å². The van der Waals surface area contributed by atoms with Gasteiger partial charge in [-0.05, 0) is 48.4 Å². The number of aryl methyl sites for hydroxylation is 1. The normalized spacial score (nSPS) is 10.2. The largest absolute Gasteiger partial charge is 0.497 e. The molecule has 0 atom stereocenters. The standard InChI is InChI=1S/C22H25NO6/c1-4-21(25)23-17-8-6-16(7-9-17)20(24)14-29-22(26)10-5-15-11-18(27-2)13-19(12-15)28-3/h6-9,11-13H,4-5,10,14H2,1-3H3,(H,23,25). The van der Waals surface area contributed by atoms with Crippen molar-refractivity contribution in [1.29, 1.82) is 0 Å². The maximum absolute atomic E-state index is 12.2. The minimum absolute atomic E-state index is 0.105. The Morgan fingerprint density at radius 2 is 1.55 bits per heavy atom. The number of benzene rings is 2. The van der Waals surface area contributed by atoms with Gasteiger partial charge in [0.25, 0.3) is 0 Å². The Morgan fingerprint density at radius 1 is 0.931 bits per heavy atom. The van der Waals surface area contributed by atoms with Crippen molar-refractivity contribution >= 4 is 23.3 Å². The third-order valence-electron chi connectivity index (χ3n) is 4.21. The monoisotopic (exact) mass is 399 g/mol. The van der Waals surface area contributed by atoms with Gasteiger partial charge in [0.15, 0.2) is 12.4 Å². The highest BCUT2D eigenvalue weighted by atomic mass is 16.5. The summed E-state index contributed by atoms with van der Waals surface area (Å²) in [4.78, 5) is 35.5. The van der Waals surface area contributed by atoms with E-state index in [1.807, 2.05) is 12.1 Å². The van der Waals surface area contributed by atoms with Crippen LogP contribution in [0, 0.1) is 0 Å². The van der Waals surface area contributed by atoms with Gasteiger partial charge in [0, 0.05) is 30.2 Å². The number of hydrogen-bond acceptors (Lipinski definition) is 6. The molecule has 0 bridgehead atoms. The Labute approximate surface area is 170 Å². The Balaban J connectivity index is 1.83. The smallest absolute Gasteiger partial charge is 0.306 e. The second-order valence-electron chi connectivity index (χ2n) is 6.28. The lowest BCUT2D eigenvalue weighted by Crippen LogP contribution is -2.15. The van der Waals surface area contributed by atoms with Crippen molar-refractivity contribution in [2.24, 2.45) is 0 Å². The molecule has 0 aliphatic rings. The zero-order valence-corrected chi connectivity index (χ0v) is 16.8. The van der Waals surface area contributed by atoms with Crippen LogP contribution < -0.4 is 14.8 Å². The maximum Gasteiger partial charge on any atom is 0.306 e. The molecule has 0 saturated heterocycles. The van der Waals surface area contributed by atoms with Crippen molar-refractivity contribution in [3.8, 4) is 11.5 Å². The predicted molar refractivity (Wildman–Crippen MR) is 109 cm³/mol. The summed E-state index contributed by atoms with van der Waals surface area (Å²) in [5.74, 6) is 0.399. The molecule has 0 aliphatic heterocycles. The highest BCUT2D eigenvalue weighted by molar-refractivity contribution is 5.98. The number of esters is 1. The average Bonchev–Trinajstić information content (AvgIpc) is 2.75. The summed E-state index contributed by atoms with van der Waals surface area (Å²) < 4.78 is 15.5. The highest BCUT2D eigenvalue weighted by Gasteiger charge is 2.11. The van der Waals surface area contributed by atoms with Crippen LogP contribution >= 0.6 is 0 Å². The number of amides is 1. The van der Waals surface area contributed by atoms with Crippen molar-refractivity contribution < 1.29 is 28.6 Å². The zero-order chi connectivity index (χ0) is 21.2. The predicted octanol–water partition coefficient (Wildman–Crippen LogP) is 3.41. The number of nitrogens with one attached hydrogen (secondary N) is 1. The summed E-state index contributed by atoms with van der Waals surface area (Å²) in [5, 5.41) is 2.70. The van der Waals surface area contributed by atoms with E-state index >= 15 is 0 Å². The van der Waals surface area contributed by atoms with Crippen molar-refractivity contribution in [2.75, 3.05) is 26.1 Å². The SMILES string of the molecule is CCC(=O)Nc1ccc(C(=O)COC(=O)CCc2cc(OC)cc(OC)c2)cc1. The number of methoxy groups -OCH3 is 2. The van der Waals surface area contributed by atoms with Gasteiger partial charge in [-0.25, -0.2) is 0 Å². The van der Waals surface area contributed by atoms with Crippen LogP contribution in [0.25, 0.3) is 0 Å². The Kier molecular flexibility index (Phi) is 8.21. The minimum atomic E-state index is -0.466. The van der Waals surface area contributed by atoms with Gasteiger partial charge in [-0.15, -0.1) is 0 Å². The molecule has 0 heterocycles. The van der Waals surface area contributed by atoms with Crippen LogP contribution in [0.3, 0.4) is 0 Å². The van der Waals surface area contributed by atoms with Gasteiger partial charge in [-0.3, -0.25) is 14.4 Å². The Hall–Kier alpha value is -3.35. The molecule has 1 amide bonds. The molecule has 2 aromatic rings. The first-order valence-electron chi connectivity index (χ1n) is 9.25. The average molecular weight is 399 g/mol. The molecular formula is C22H25NO6. The van der Waals surface area contributed by atoms with Crippen LogP contribution in [0.4, 0.5) is 5.69 Å². The number of hydrogen-bond donors (Lipinski definition) is 1.